The van der Waals surface area contributed by atoms with Gasteiger partial charge in [-0.25, -0.2) is 0 Å². The summed E-state index contributed by atoms with van der Waals surface area (Å²) in [4.78, 5) is 13.3. The molecule has 4 nitrogen and oxygen atoms in total. The lowest BCUT2D eigenvalue weighted by atomic mass is 10.0. The van der Waals surface area contributed by atoms with Gasteiger partial charge in [0.15, 0.2) is 0 Å². The highest BCUT2D eigenvalue weighted by Gasteiger charge is 2.09. The predicted octanol–water partition coefficient (Wildman–Crippen LogP) is 8.75. The molecule has 0 aliphatic carbocycles. The summed E-state index contributed by atoms with van der Waals surface area (Å²) in [5.41, 5.74) is 2.98. The largest absolute Gasteiger partial charge is 0.385 e. The lowest BCUT2D eigenvalue weighted by molar-refractivity contribution is -0.116. The summed E-state index contributed by atoms with van der Waals surface area (Å²) >= 11 is 5.53. The molecule has 2 N–H and O–H groups in total. The van der Waals surface area contributed by atoms with E-state index in [0.29, 0.717) is 18.0 Å². The van der Waals surface area contributed by atoms with Crippen molar-refractivity contribution in [2.24, 2.45) is 0 Å². The van der Waals surface area contributed by atoms with Gasteiger partial charge in [0.05, 0.1) is 0 Å². The van der Waals surface area contributed by atoms with Crippen LogP contribution in [0, 0.1) is 0 Å². The number of rotatable bonds is 23. The Morgan fingerprint density at radius 3 is 1.89 bits per heavy atom. The van der Waals surface area contributed by atoms with Crippen molar-refractivity contribution in [1.82, 2.24) is 5.32 Å². The van der Waals surface area contributed by atoms with Crippen molar-refractivity contribution in [3.63, 3.8) is 0 Å². The lowest BCUT2D eigenvalue weighted by Crippen LogP contribution is -2.24. The molecule has 0 aromatic heterocycles. The van der Waals surface area contributed by atoms with Crippen LogP contribution < -0.4 is 10.6 Å². The van der Waals surface area contributed by atoms with Gasteiger partial charge in [0, 0.05) is 37.9 Å². The first kappa shape index (κ1) is 32.6. The van der Waals surface area contributed by atoms with Crippen LogP contribution in [0.25, 0.3) is 0 Å². The Labute approximate surface area is 227 Å². The average molecular weight is 519 g/mol. The van der Waals surface area contributed by atoms with Gasteiger partial charge in [0.1, 0.15) is 4.99 Å². The van der Waals surface area contributed by atoms with Crippen LogP contribution in [0.1, 0.15) is 134 Å². The molecule has 1 rings (SSSR count). The number of anilines is 1. The Hall–Kier alpha value is -1.46. The van der Waals surface area contributed by atoms with Crippen molar-refractivity contribution in [3.8, 4) is 0 Å². The fourth-order valence-corrected chi connectivity index (χ4v) is 4.76. The van der Waals surface area contributed by atoms with Crippen LogP contribution >= 0.6 is 12.2 Å². The molecule has 0 saturated carbocycles. The van der Waals surface area contributed by atoms with E-state index < -0.39 is 0 Å². The predicted molar refractivity (Wildman–Crippen MR) is 160 cm³/mol. The van der Waals surface area contributed by atoms with Gasteiger partial charge < -0.3 is 15.4 Å². The molecule has 206 valence electrons. The minimum absolute atomic E-state index is 0.107. The zero-order valence-electron chi connectivity index (χ0n) is 23.6. The van der Waals surface area contributed by atoms with Gasteiger partial charge in [0.25, 0.3) is 0 Å². The van der Waals surface area contributed by atoms with E-state index in [1.54, 1.807) is 7.11 Å². The van der Waals surface area contributed by atoms with Gasteiger partial charge in [-0.05, 0) is 30.9 Å². The highest BCUT2D eigenvalue weighted by Crippen LogP contribution is 2.20. The van der Waals surface area contributed by atoms with Gasteiger partial charge in [-0.3, -0.25) is 4.79 Å². The number of amides is 1. The quantitative estimate of drug-likeness (QED) is 0.112. The molecule has 1 amide bonds. The summed E-state index contributed by atoms with van der Waals surface area (Å²) in [7, 11) is 1.70. The molecular formula is C31H54N2O2S. The molecule has 0 radical (unpaired) electrons. The minimum atomic E-state index is 0.107. The summed E-state index contributed by atoms with van der Waals surface area (Å²) in [6.07, 6.45) is 22.4. The first-order valence-corrected chi connectivity index (χ1v) is 15.2. The molecule has 36 heavy (non-hydrogen) atoms. The van der Waals surface area contributed by atoms with Crippen LogP contribution in [0.3, 0.4) is 0 Å². The molecule has 5 heteroatoms. The van der Waals surface area contributed by atoms with Crippen LogP contribution in [0.15, 0.2) is 18.2 Å². The fraction of sp³-hybridized carbons (Fsp3) is 0.742. The molecule has 0 unspecified atom stereocenters. The van der Waals surface area contributed by atoms with E-state index in [9.17, 15) is 4.79 Å². The maximum atomic E-state index is 12.6. The first-order chi connectivity index (χ1) is 17.6. The Balaban J connectivity index is 2.15. The summed E-state index contributed by atoms with van der Waals surface area (Å²) in [5, 5.41) is 6.41. The van der Waals surface area contributed by atoms with Gasteiger partial charge in [0.2, 0.25) is 5.91 Å². The molecule has 0 bridgehead atoms. The number of carbonyl (C=O) groups excluding carboxylic acids is 1. The summed E-state index contributed by atoms with van der Waals surface area (Å²) in [5.74, 6) is 0.107. The highest BCUT2D eigenvalue weighted by molar-refractivity contribution is 7.80. The van der Waals surface area contributed by atoms with E-state index in [4.69, 9.17) is 17.0 Å². The highest BCUT2D eigenvalue weighted by atomic mass is 32.1. The number of methoxy groups -OCH3 is 1. The average Bonchev–Trinajstić information content (AvgIpc) is 2.88. The second-order valence-electron chi connectivity index (χ2n) is 10.1. The van der Waals surface area contributed by atoms with E-state index >= 15 is 0 Å². The van der Waals surface area contributed by atoms with Crippen molar-refractivity contribution in [2.75, 3.05) is 25.6 Å². The number of thiocarbonyl (C=S) groups is 1. The number of hydrogen-bond acceptors (Lipinski definition) is 3. The van der Waals surface area contributed by atoms with Crippen molar-refractivity contribution in [2.45, 2.75) is 129 Å². The number of unbranched alkanes of at least 4 members (excludes halogenated alkanes) is 14. The Kier molecular flexibility index (Phi) is 20.6. The standard InChI is InChI=1S/C31H54N2O2S/c1-4-6-7-8-9-10-11-12-13-14-15-16-17-18-19-21-30(34)33-29-26-28(23-22-27(29)5-2)31(36)32-24-20-25-35-3/h22-23,26H,4-21,24-25H2,1-3H3,(H,32,36)(H,33,34). The van der Waals surface area contributed by atoms with Crippen LogP contribution in [0.5, 0.6) is 0 Å². The van der Waals surface area contributed by atoms with E-state index in [1.807, 2.05) is 12.1 Å². The number of ether oxygens (including phenoxy) is 1. The van der Waals surface area contributed by atoms with Crippen LogP contribution in [-0.4, -0.2) is 31.2 Å². The monoisotopic (exact) mass is 518 g/mol. The number of benzene rings is 1. The fourth-order valence-electron chi connectivity index (χ4n) is 4.53. The van der Waals surface area contributed by atoms with E-state index in [0.717, 1.165) is 49.0 Å². The third kappa shape index (κ3) is 16.3. The van der Waals surface area contributed by atoms with Crippen molar-refractivity contribution < 1.29 is 9.53 Å². The van der Waals surface area contributed by atoms with Gasteiger partial charge in [-0.15, -0.1) is 0 Å². The molecule has 0 saturated heterocycles. The molecule has 0 atom stereocenters. The zero-order valence-corrected chi connectivity index (χ0v) is 24.4. The molecule has 0 aliphatic heterocycles. The van der Waals surface area contributed by atoms with Crippen molar-refractivity contribution in [3.05, 3.63) is 29.3 Å². The summed E-state index contributed by atoms with van der Waals surface area (Å²) in [6.45, 7) is 5.89. The van der Waals surface area contributed by atoms with Crippen LogP contribution in [0.2, 0.25) is 0 Å². The smallest absolute Gasteiger partial charge is 0.224 e. The van der Waals surface area contributed by atoms with Gasteiger partial charge in [-0.1, -0.05) is 128 Å². The normalized spacial score (nSPS) is 11.0. The molecule has 1 aromatic rings. The third-order valence-electron chi connectivity index (χ3n) is 6.85. The van der Waals surface area contributed by atoms with E-state index in [-0.39, 0.29) is 5.91 Å². The first-order valence-electron chi connectivity index (χ1n) is 14.8. The summed E-state index contributed by atoms with van der Waals surface area (Å²) < 4.78 is 5.08. The maximum Gasteiger partial charge on any atom is 0.224 e. The topological polar surface area (TPSA) is 50.4 Å². The summed E-state index contributed by atoms with van der Waals surface area (Å²) in [6, 6.07) is 6.12. The van der Waals surface area contributed by atoms with E-state index in [1.165, 1.54) is 83.5 Å². The molecule has 0 heterocycles. The number of aryl methyl sites for hydroxylation is 1. The Bertz CT molecular complexity index is 708. The molecular weight excluding hydrogens is 464 g/mol. The van der Waals surface area contributed by atoms with E-state index in [2.05, 4.69) is 30.5 Å². The van der Waals surface area contributed by atoms with Crippen molar-refractivity contribution >= 4 is 28.8 Å². The number of hydrogen-bond donors (Lipinski definition) is 2. The third-order valence-corrected chi connectivity index (χ3v) is 7.23. The lowest BCUT2D eigenvalue weighted by Gasteiger charge is -2.14. The van der Waals surface area contributed by atoms with Gasteiger partial charge >= 0.3 is 0 Å². The zero-order chi connectivity index (χ0) is 26.3. The minimum Gasteiger partial charge on any atom is -0.385 e. The second kappa shape index (κ2) is 22.7. The molecule has 0 spiro atoms. The van der Waals surface area contributed by atoms with Crippen LogP contribution in [0.4, 0.5) is 5.69 Å². The van der Waals surface area contributed by atoms with Gasteiger partial charge in [-0.2, -0.15) is 0 Å². The Morgan fingerprint density at radius 1 is 0.806 bits per heavy atom. The van der Waals surface area contributed by atoms with Crippen LogP contribution in [-0.2, 0) is 16.0 Å². The Morgan fingerprint density at radius 2 is 1.36 bits per heavy atom. The number of nitrogens with one attached hydrogen (secondary N) is 2. The van der Waals surface area contributed by atoms with Crippen molar-refractivity contribution in [1.29, 1.82) is 0 Å². The molecule has 0 aliphatic rings. The second-order valence-corrected chi connectivity index (χ2v) is 10.5. The SMILES string of the molecule is CCCCCCCCCCCCCCCCCC(=O)Nc1cc(C(=S)NCCCOC)ccc1CC. The molecule has 0 fully saturated rings. The maximum absolute atomic E-state index is 12.6. The molecule has 1 aromatic carbocycles. The number of carbonyl (C=O) groups is 1.